The Morgan fingerprint density at radius 1 is 0.750 bits per heavy atom. The molecule has 24 heavy (non-hydrogen) atoms. The normalized spacial score (nSPS) is 10.7. The summed E-state index contributed by atoms with van der Waals surface area (Å²) in [6, 6.07) is 20.0. The molecule has 2 N–H and O–H groups in total. The van der Waals surface area contributed by atoms with E-state index in [1.165, 1.54) is 16.2 Å². The van der Waals surface area contributed by atoms with Crippen molar-refractivity contribution in [2.24, 2.45) is 0 Å². The van der Waals surface area contributed by atoms with Crippen molar-refractivity contribution in [2.45, 2.75) is 0 Å². The molecule has 0 aliphatic heterocycles. The molecule has 3 aromatic carbocycles. The van der Waals surface area contributed by atoms with E-state index in [9.17, 15) is 4.79 Å². The monoisotopic (exact) mass is 314 g/mol. The average molecular weight is 314 g/mol. The van der Waals surface area contributed by atoms with Crippen LogP contribution in [-0.2, 0) is 0 Å². The first-order valence-corrected chi connectivity index (χ1v) is 7.56. The predicted molar refractivity (Wildman–Crippen MR) is 96.0 cm³/mol. The van der Waals surface area contributed by atoms with Crippen LogP contribution in [0.4, 0.5) is 0 Å². The first-order chi connectivity index (χ1) is 11.8. The molecule has 0 amide bonds. The fourth-order valence-electron chi connectivity index (χ4n) is 2.69. The van der Waals surface area contributed by atoms with Crippen molar-refractivity contribution in [1.82, 2.24) is 20.2 Å². The Bertz CT molecular complexity index is 1190. The van der Waals surface area contributed by atoms with Crippen molar-refractivity contribution in [1.29, 1.82) is 0 Å². The van der Waals surface area contributed by atoms with Gasteiger partial charge in [0.1, 0.15) is 0 Å². The van der Waals surface area contributed by atoms with E-state index >= 15 is 0 Å². The van der Waals surface area contributed by atoms with Gasteiger partial charge in [-0.3, -0.25) is 5.10 Å². The third kappa shape index (κ3) is 2.63. The van der Waals surface area contributed by atoms with Crippen molar-refractivity contribution < 1.29 is 0 Å². The van der Waals surface area contributed by atoms with Crippen LogP contribution in [0.5, 0.6) is 0 Å². The van der Waals surface area contributed by atoms with Crippen LogP contribution < -0.4 is 5.69 Å². The lowest BCUT2D eigenvalue weighted by molar-refractivity contribution is 1.12. The number of aromatic amines is 2. The lowest BCUT2D eigenvalue weighted by Crippen LogP contribution is -2.07. The summed E-state index contributed by atoms with van der Waals surface area (Å²) in [5, 5.41) is 11.6. The number of para-hydroxylation sites is 1. The average Bonchev–Trinajstić information content (AvgIpc) is 3.11. The molecule has 0 radical (unpaired) electrons. The van der Waals surface area contributed by atoms with Crippen LogP contribution >= 0.6 is 0 Å². The van der Waals surface area contributed by atoms with Crippen LogP contribution in [0.25, 0.3) is 32.6 Å². The van der Waals surface area contributed by atoms with E-state index in [1.54, 1.807) is 6.20 Å². The van der Waals surface area contributed by atoms with E-state index in [2.05, 4.69) is 44.4 Å². The van der Waals surface area contributed by atoms with Crippen molar-refractivity contribution in [3.8, 4) is 0 Å². The zero-order valence-electron chi connectivity index (χ0n) is 12.7. The molecular weight excluding hydrogens is 300 g/mol. The molecule has 0 saturated heterocycles. The molecule has 0 spiro atoms. The highest BCUT2D eigenvalue weighted by Gasteiger charge is 1.99. The topological polar surface area (TPSA) is 74.4 Å². The number of nitrogens with zero attached hydrogens (tertiary/aromatic N) is 2. The quantitative estimate of drug-likeness (QED) is 0.458. The van der Waals surface area contributed by atoms with E-state index in [4.69, 9.17) is 0 Å². The van der Waals surface area contributed by atoms with Crippen LogP contribution in [0.3, 0.4) is 0 Å². The predicted octanol–water partition coefficient (Wildman–Crippen LogP) is 3.64. The molecule has 0 saturated carbocycles. The Morgan fingerprint density at radius 2 is 1.50 bits per heavy atom. The molecule has 2 heterocycles. The van der Waals surface area contributed by atoms with Gasteiger partial charge in [0.15, 0.2) is 0 Å². The fraction of sp³-hybridized carbons (Fsp3) is 0. The number of aromatic nitrogens is 4. The number of rotatable bonds is 0. The Morgan fingerprint density at radius 3 is 2.42 bits per heavy atom. The van der Waals surface area contributed by atoms with Gasteiger partial charge in [-0.15, -0.1) is 0 Å². The number of benzene rings is 3. The lowest BCUT2D eigenvalue weighted by Gasteiger charge is -1.96. The van der Waals surface area contributed by atoms with Crippen LogP contribution in [-0.4, -0.2) is 20.2 Å². The summed E-state index contributed by atoms with van der Waals surface area (Å²) in [7, 11) is 0. The number of H-pyrrole nitrogens is 2. The summed E-state index contributed by atoms with van der Waals surface area (Å²) in [4.78, 5) is 16.9. The Hall–Kier alpha value is -3.47. The Balaban J connectivity index is 0.000000123. The minimum atomic E-state index is -0.302. The SMILES string of the molecule is O=c1ncc2ccccc2[nH]1.c1ccc2c(c1)ccc1cn[nH]c12. The molecule has 0 aliphatic rings. The molecule has 116 valence electrons. The van der Waals surface area contributed by atoms with Crippen LogP contribution in [0.2, 0.25) is 0 Å². The van der Waals surface area contributed by atoms with E-state index in [0.717, 1.165) is 16.4 Å². The van der Waals surface area contributed by atoms with Gasteiger partial charge in [-0.1, -0.05) is 54.6 Å². The van der Waals surface area contributed by atoms with Gasteiger partial charge in [-0.05, 0) is 11.5 Å². The molecule has 5 heteroatoms. The summed E-state index contributed by atoms with van der Waals surface area (Å²) < 4.78 is 0. The van der Waals surface area contributed by atoms with Gasteiger partial charge < -0.3 is 4.98 Å². The number of fused-ring (bicyclic) bond motifs is 4. The smallest absolute Gasteiger partial charge is 0.305 e. The number of hydrogen-bond donors (Lipinski definition) is 2. The lowest BCUT2D eigenvalue weighted by atomic mass is 10.1. The summed E-state index contributed by atoms with van der Waals surface area (Å²) in [6.45, 7) is 0. The molecule has 0 aliphatic carbocycles. The summed E-state index contributed by atoms with van der Waals surface area (Å²) in [5.74, 6) is 0. The molecule has 5 aromatic rings. The van der Waals surface area contributed by atoms with E-state index in [0.29, 0.717) is 0 Å². The second-order valence-electron chi connectivity index (χ2n) is 5.40. The van der Waals surface area contributed by atoms with Crippen molar-refractivity contribution in [3.63, 3.8) is 0 Å². The molecule has 0 fully saturated rings. The van der Waals surface area contributed by atoms with Crippen LogP contribution in [0, 0.1) is 0 Å². The van der Waals surface area contributed by atoms with Crippen molar-refractivity contribution >= 4 is 32.6 Å². The second kappa shape index (κ2) is 5.96. The van der Waals surface area contributed by atoms with Gasteiger partial charge >= 0.3 is 5.69 Å². The molecular formula is C19H14N4O. The maximum atomic E-state index is 10.7. The van der Waals surface area contributed by atoms with Gasteiger partial charge in [-0.25, -0.2) is 9.78 Å². The van der Waals surface area contributed by atoms with E-state index < -0.39 is 0 Å². The van der Waals surface area contributed by atoms with Gasteiger partial charge in [0.2, 0.25) is 0 Å². The van der Waals surface area contributed by atoms with Crippen LogP contribution in [0.1, 0.15) is 0 Å². The molecule has 0 bridgehead atoms. The summed E-state index contributed by atoms with van der Waals surface area (Å²) in [6.07, 6.45) is 3.41. The highest BCUT2D eigenvalue weighted by molar-refractivity contribution is 6.04. The maximum absolute atomic E-state index is 10.7. The largest absolute Gasteiger partial charge is 0.345 e. The molecule has 2 aromatic heterocycles. The van der Waals surface area contributed by atoms with E-state index in [-0.39, 0.29) is 5.69 Å². The first kappa shape index (κ1) is 14.1. The second-order valence-corrected chi connectivity index (χ2v) is 5.40. The highest BCUT2D eigenvalue weighted by Crippen LogP contribution is 2.22. The third-order valence-corrected chi connectivity index (χ3v) is 3.86. The fourth-order valence-corrected chi connectivity index (χ4v) is 2.69. The Kier molecular flexibility index (Phi) is 3.51. The molecule has 0 unspecified atom stereocenters. The standard InChI is InChI=1S/C11H8N2.C8H6N2O/c1-2-4-10-8(3-1)5-6-9-7-12-13-11(9)10;11-8-9-5-6-3-1-2-4-7(6)10-8/h1-7H,(H,12,13);1-5H,(H,9,10,11). The first-order valence-electron chi connectivity index (χ1n) is 7.56. The van der Waals surface area contributed by atoms with Gasteiger partial charge in [0.25, 0.3) is 0 Å². The third-order valence-electron chi connectivity index (χ3n) is 3.86. The Labute approximate surface area is 137 Å². The number of nitrogens with one attached hydrogen (secondary N) is 2. The van der Waals surface area contributed by atoms with Gasteiger partial charge in [0, 0.05) is 22.4 Å². The number of hydrogen-bond acceptors (Lipinski definition) is 3. The van der Waals surface area contributed by atoms with Gasteiger partial charge in [-0.2, -0.15) is 5.10 Å². The zero-order chi connectivity index (χ0) is 16.4. The molecule has 5 nitrogen and oxygen atoms in total. The van der Waals surface area contributed by atoms with E-state index in [1.807, 2.05) is 42.6 Å². The highest BCUT2D eigenvalue weighted by atomic mass is 16.1. The van der Waals surface area contributed by atoms with Crippen LogP contribution in [0.15, 0.2) is 77.9 Å². The van der Waals surface area contributed by atoms with Crippen molar-refractivity contribution in [2.75, 3.05) is 0 Å². The minimum absolute atomic E-state index is 0.302. The molecule has 5 rings (SSSR count). The zero-order valence-corrected chi connectivity index (χ0v) is 12.7. The van der Waals surface area contributed by atoms with Crippen molar-refractivity contribution in [3.05, 3.63) is 83.5 Å². The maximum Gasteiger partial charge on any atom is 0.345 e. The summed E-state index contributed by atoms with van der Waals surface area (Å²) >= 11 is 0. The summed E-state index contributed by atoms with van der Waals surface area (Å²) in [5.41, 5.74) is 1.65. The minimum Gasteiger partial charge on any atom is -0.305 e. The molecule has 0 atom stereocenters. The van der Waals surface area contributed by atoms with Gasteiger partial charge in [0.05, 0.1) is 17.2 Å².